The highest BCUT2D eigenvalue weighted by molar-refractivity contribution is 6.04. The van der Waals surface area contributed by atoms with Crippen molar-refractivity contribution < 1.29 is 14.3 Å². The van der Waals surface area contributed by atoms with Gasteiger partial charge in [0, 0.05) is 37.1 Å². The molecule has 0 aliphatic heterocycles. The summed E-state index contributed by atoms with van der Waals surface area (Å²) in [6.45, 7) is 2.03. The number of nitrogens with zero attached hydrogens (tertiary/aromatic N) is 1. The summed E-state index contributed by atoms with van der Waals surface area (Å²) in [6, 6.07) is 24.7. The lowest BCUT2D eigenvalue weighted by molar-refractivity contribution is -0.130. The Hall–Kier alpha value is -3.80. The maximum absolute atomic E-state index is 12.6. The molecule has 3 aromatic carbocycles. The Labute approximate surface area is 182 Å². The molecule has 6 nitrogen and oxygen atoms in total. The van der Waals surface area contributed by atoms with Crippen molar-refractivity contribution >= 4 is 23.2 Å². The van der Waals surface area contributed by atoms with Gasteiger partial charge in [-0.2, -0.15) is 0 Å². The molecule has 0 aliphatic rings. The molecular weight excluding hydrogens is 390 g/mol. The fourth-order valence-corrected chi connectivity index (χ4v) is 2.93. The van der Waals surface area contributed by atoms with Crippen LogP contribution in [0.3, 0.4) is 0 Å². The van der Waals surface area contributed by atoms with Crippen LogP contribution in [-0.4, -0.2) is 37.4 Å². The monoisotopic (exact) mass is 417 g/mol. The number of hydrogen-bond acceptors (Lipinski definition) is 4. The lowest BCUT2D eigenvalue weighted by atomic mass is 10.1. The van der Waals surface area contributed by atoms with Gasteiger partial charge in [-0.25, -0.2) is 0 Å². The van der Waals surface area contributed by atoms with Crippen LogP contribution in [0, 0.1) is 0 Å². The van der Waals surface area contributed by atoms with Crippen molar-refractivity contribution in [2.24, 2.45) is 0 Å². The zero-order valence-corrected chi connectivity index (χ0v) is 18.0. The molecule has 0 saturated carbocycles. The SMILES string of the molecule is CC(Nc1ccc(NC(=O)c2cccc(OCC(=O)N(C)C)c2)cc1)c1ccccc1. The van der Waals surface area contributed by atoms with E-state index >= 15 is 0 Å². The molecule has 1 unspecified atom stereocenters. The van der Waals surface area contributed by atoms with Gasteiger partial charge in [0.2, 0.25) is 0 Å². The first-order valence-corrected chi connectivity index (χ1v) is 10.1. The van der Waals surface area contributed by atoms with Gasteiger partial charge >= 0.3 is 0 Å². The number of rotatable bonds is 8. The van der Waals surface area contributed by atoms with Crippen molar-refractivity contribution in [2.45, 2.75) is 13.0 Å². The minimum atomic E-state index is -0.247. The molecule has 0 fully saturated rings. The molecule has 3 rings (SSSR count). The summed E-state index contributed by atoms with van der Waals surface area (Å²) in [5.74, 6) is 0.0742. The highest BCUT2D eigenvalue weighted by Gasteiger charge is 2.10. The molecule has 3 aromatic rings. The van der Waals surface area contributed by atoms with Crippen LogP contribution in [0.5, 0.6) is 5.75 Å². The molecule has 2 amide bonds. The average Bonchev–Trinajstić information content (AvgIpc) is 2.79. The van der Waals surface area contributed by atoms with Gasteiger partial charge in [0.15, 0.2) is 6.61 Å². The van der Waals surface area contributed by atoms with E-state index in [2.05, 4.69) is 29.7 Å². The Morgan fingerprint density at radius 1 is 0.903 bits per heavy atom. The van der Waals surface area contributed by atoms with Crippen LogP contribution in [0.25, 0.3) is 0 Å². The summed E-state index contributed by atoms with van der Waals surface area (Å²) in [5.41, 5.74) is 3.32. The maximum atomic E-state index is 12.6. The van der Waals surface area contributed by atoms with Crippen LogP contribution < -0.4 is 15.4 Å². The lowest BCUT2D eigenvalue weighted by Gasteiger charge is -2.16. The molecular formula is C25H27N3O3. The predicted octanol–water partition coefficient (Wildman–Crippen LogP) is 4.58. The van der Waals surface area contributed by atoms with Crippen LogP contribution in [0.2, 0.25) is 0 Å². The number of anilines is 2. The van der Waals surface area contributed by atoms with Gasteiger partial charge in [-0.3, -0.25) is 9.59 Å². The second-order valence-corrected chi connectivity index (χ2v) is 7.41. The van der Waals surface area contributed by atoms with Crippen molar-refractivity contribution in [3.63, 3.8) is 0 Å². The van der Waals surface area contributed by atoms with Crippen LogP contribution in [-0.2, 0) is 4.79 Å². The number of carbonyl (C=O) groups is 2. The van der Waals surface area contributed by atoms with Crippen molar-refractivity contribution in [2.75, 3.05) is 31.3 Å². The number of ether oxygens (including phenoxy) is 1. The smallest absolute Gasteiger partial charge is 0.259 e. The normalized spacial score (nSPS) is 11.3. The first kappa shape index (κ1) is 21.9. The number of carbonyl (C=O) groups excluding carboxylic acids is 2. The van der Waals surface area contributed by atoms with E-state index in [1.165, 1.54) is 10.5 Å². The third kappa shape index (κ3) is 6.34. The predicted molar refractivity (Wildman–Crippen MR) is 124 cm³/mol. The molecule has 0 radical (unpaired) electrons. The summed E-state index contributed by atoms with van der Waals surface area (Å²) in [7, 11) is 3.33. The fraction of sp³-hybridized carbons (Fsp3) is 0.200. The Bertz CT molecular complexity index is 1020. The number of nitrogens with one attached hydrogen (secondary N) is 2. The van der Waals surface area contributed by atoms with Gasteiger partial charge in [0.1, 0.15) is 5.75 Å². The van der Waals surface area contributed by atoms with Crippen LogP contribution in [0.1, 0.15) is 28.9 Å². The Morgan fingerprint density at radius 2 is 1.58 bits per heavy atom. The molecule has 0 aromatic heterocycles. The summed E-state index contributed by atoms with van der Waals surface area (Å²) >= 11 is 0. The average molecular weight is 418 g/mol. The van der Waals surface area contributed by atoms with Crippen molar-refractivity contribution in [3.8, 4) is 5.75 Å². The van der Waals surface area contributed by atoms with Gasteiger partial charge < -0.3 is 20.3 Å². The molecule has 0 aliphatic carbocycles. The standard InChI is InChI=1S/C25H27N3O3/c1-18(19-8-5-4-6-9-19)26-21-12-14-22(15-13-21)27-25(30)20-10-7-11-23(16-20)31-17-24(29)28(2)3/h4-16,18,26H,17H2,1-3H3,(H,27,30). The highest BCUT2D eigenvalue weighted by atomic mass is 16.5. The van der Waals surface area contributed by atoms with E-state index in [-0.39, 0.29) is 24.5 Å². The fourth-order valence-electron chi connectivity index (χ4n) is 2.93. The van der Waals surface area contributed by atoms with Crippen LogP contribution in [0.4, 0.5) is 11.4 Å². The maximum Gasteiger partial charge on any atom is 0.259 e. The molecule has 1 atom stereocenters. The van der Waals surface area contributed by atoms with E-state index in [0.717, 1.165) is 5.69 Å². The van der Waals surface area contributed by atoms with E-state index in [0.29, 0.717) is 17.0 Å². The molecule has 0 bridgehead atoms. The van der Waals surface area contributed by atoms with Crippen LogP contribution >= 0.6 is 0 Å². The molecule has 2 N–H and O–H groups in total. The van der Waals surface area contributed by atoms with Gasteiger partial charge in [-0.05, 0) is 55.0 Å². The topological polar surface area (TPSA) is 70.7 Å². The summed E-state index contributed by atoms with van der Waals surface area (Å²) in [6.07, 6.45) is 0. The number of hydrogen-bond donors (Lipinski definition) is 2. The zero-order valence-electron chi connectivity index (χ0n) is 18.0. The quantitative estimate of drug-likeness (QED) is 0.563. The summed E-state index contributed by atoms with van der Waals surface area (Å²) in [5, 5.41) is 6.33. The second-order valence-electron chi connectivity index (χ2n) is 7.41. The third-order valence-corrected chi connectivity index (χ3v) is 4.78. The van der Waals surface area contributed by atoms with Gasteiger partial charge in [0.25, 0.3) is 11.8 Å². The number of likely N-dealkylation sites (N-methyl/N-ethyl adjacent to an activating group) is 1. The highest BCUT2D eigenvalue weighted by Crippen LogP contribution is 2.21. The second kappa shape index (κ2) is 10.3. The summed E-state index contributed by atoms with van der Waals surface area (Å²) in [4.78, 5) is 25.7. The lowest BCUT2D eigenvalue weighted by Crippen LogP contribution is -2.27. The molecule has 6 heteroatoms. The van der Waals surface area contributed by atoms with E-state index in [1.54, 1.807) is 38.4 Å². The Kier molecular flexibility index (Phi) is 7.27. The van der Waals surface area contributed by atoms with Gasteiger partial charge in [0.05, 0.1) is 0 Å². The Morgan fingerprint density at radius 3 is 2.26 bits per heavy atom. The van der Waals surface area contributed by atoms with Gasteiger partial charge in [-0.1, -0.05) is 36.4 Å². The van der Waals surface area contributed by atoms with Crippen molar-refractivity contribution in [1.29, 1.82) is 0 Å². The first-order valence-electron chi connectivity index (χ1n) is 10.1. The zero-order chi connectivity index (χ0) is 22.2. The van der Waals surface area contributed by atoms with E-state index in [1.807, 2.05) is 42.5 Å². The van der Waals surface area contributed by atoms with E-state index in [9.17, 15) is 9.59 Å². The first-order chi connectivity index (χ1) is 14.9. The van der Waals surface area contributed by atoms with E-state index in [4.69, 9.17) is 4.74 Å². The van der Waals surface area contributed by atoms with Crippen molar-refractivity contribution in [3.05, 3.63) is 90.0 Å². The van der Waals surface area contributed by atoms with E-state index < -0.39 is 0 Å². The molecule has 31 heavy (non-hydrogen) atoms. The minimum absolute atomic E-state index is 0.0755. The van der Waals surface area contributed by atoms with Crippen LogP contribution in [0.15, 0.2) is 78.9 Å². The number of amides is 2. The minimum Gasteiger partial charge on any atom is -0.484 e. The summed E-state index contributed by atoms with van der Waals surface area (Å²) < 4.78 is 5.48. The van der Waals surface area contributed by atoms with Crippen molar-refractivity contribution in [1.82, 2.24) is 4.90 Å². The Balaban J connectivity index is 1.58. The van der Waals surface area contributed by atoms with Gasteiger partial charge in [-0.15, -0.1) is 0 Å². The molecule has 160 valence electrons. The third-order valence-electron chi connectivity index (χ3n) is 4.78. The molecule has 0 saturated heterocycles. The molecule has 0 heterocycles. The largest absolute Gasteiger partial charge is 0.484 e. The molecule has 0 spiro atoms. The number of benzene rings is 3.